The molecule has 2 aliphatic heterocycles. The van der Waals surface area contributed by atoms with Gasteiger partial charge in [0.05, 0.1) is 22.6 Å². The van der Waals surface area contributed by atoms with Crippen LogP contribution in [0.4, 0.5) is 16.0 Å². The summed E-state index contributed by atoms with van der Waals surface area (Å²) in [6, 6.07) is 7.74. The number of aromatic nitrogens is 3. The largest absolute Gasteiger partial charge is 0.355 e. The van der Waals surface area contributed by atoms with E-state index in [1.54, 1.807) is 15.5 Å². The monoisotopic (exact) mass is 552 g/mol. The van der Waals surface area contributed by atoms with Crippen LogP contribution in [0.2, 0.25) is 5.02 Å². The van der Waals surface area contributed by atoms with Gasteiger partial charge in [0.2, 0.25) is 5.91 Å². The van der Waals surface area contributed by atoms with Crippen LogP contribution in [0.15, 0.2) is 41.7 Å². The molecule has 39 heavy (non-hydrogen) atoms. The highest BCUT2D eigenvalue weighted by Gasteiger charge is 2.31. The van der Waals surface area contributed by atoms with Crippen molar-refractivity contribution in [3.63, 3.8) is 0 Å². The van der Waals surface area contributed by atoms with Crippen LogP contribution in [0.3, 0.4) is 0 Å². The summed E-state index contributed by atoms with van der Waals surface area (Å²) in [5, 5.41) is 1.03. The number of benzene rings is 1. The van der Waals surface area contributed by atoms with Crippen molar-refractivity contribution in [2.45, 2.75) is 52.2 Å². The third-order valence-corrected chi connectivity index (χ3v) is 8.07. The molecule has 2 fully saturated rings. The third-order valence-electron chi connectivity index (χ3n) is 7.79. The van der Waals surface area contributed by atoms with Gasteiger partial charge in [-0.15, -0.1) is 0 Å². The van der Waals surface area contributed by atoms with Gasteiger partial charge in [-0.3, -0.25) is 4.79 Å². The summed E-state index contributed by atoms with van der Waals surface area (Å²) < 4.78 is 15.8. The van der Waals surface area contributed by atoms with Crippen molar-refractivity contribution in [3.05, 3.63) is 63.6 Å². The maximum Gasteiger partial charge on any atom is 0.355 e. The molecule has 0 radical (unpaired) electrons. The molecule has 0 bridgehead atoms. The summed E-state index contributed by atoms with van der Waals surface area (Å²) in [5.74, 6) is 0.836. The Kier molecular flexibility index (Phi) is 7.62. The average Bonchev–Trinajstić information content (AvgIpc) is 3.37. The molecule has 0 unspecified atom stereocenters. The van der Waals surface area contributed by atoms with Gasteiger partial charge < -0.3 is 14.7 Å². The summed E-state index contributed by atoms with van der Waals surface area (Å²) in [6.07, 6.45) is 2.24. The number of nitrogens with zero attached hydrogens (tertiary/aromatic N) is 6. The molecule has 2 saturated heterocycles. The standard InChI is InChI=1S/C29H34ClFN6O2/c1-5-19-9-8-10-20(6-2)25(19)37-27-22(15-23(30)28(32-27)35-12-11-21(31)17-35)26(33-29(37)39)36-14-13-34(16-18(36)4)24(38)7-3/h7-10,15,18,21H,3,5-6,11-14,16-17H2,1-2,4H3/t18-,21-/m0/s1. The maximum absolute atomic E-state index is 14.2. The zero-order chi connectivity index (χ0) is 27.8. The molecule has 2 atom stereocenters. The third kappa shape index (κ3) is 4.88. The molecule has 2 aliphatic rings. The van der Waals surface area contributed by atoms with E-state index in [0.717, 1.165) is 29.7 Å². The van der Waals surface area contributed by atoms with Crippen molar-refractivity contribution < 1.29 is 9.18 Å². The molecule has 1 amide bonds. The molecule has 3 aromatic rings. The Balaban J connectivity index is 1.75. The van der Waals surface area contributed by atoms with E-state index >= 15 is 0 Å². The molecule has 206 valence electrons. The Morgan fingerprint density at radius 2 is 1.85 bits per heavy atom. The number of piperazine rings is 1. The first kappa shape index (κ1) is 27.1. The zero-order valence-electron chi connectivity index (χ0n) is 22.7. The number of hydrogen-bond donors (Lipinski definition) is 0. The number of para-hydroxylation sites is 1. The van der Waals surface area contributed by atoms with Crippen LogP contribution < -0.4 is 15.5 Å². The van der Waals surface area contributed by atoms with Gasteiger partial charge in [-0.25, -0.2) is 18.7 Å². The maximum atomic E-state index is 14.2. The van der Waals surface area contributed by atoms with Gasteiger partial charge in [0.25, 0.3) is 0 Å². The molecule has 0 aliphatic carbocycles. The fourth-order valence-electron chi connectivity index (χ4n) is 5.75. The lowest BCUT2D eigenvalue weighted by Gasteiger charge is -2.40. The molecule has 0 saturated carbocycles. The highest BCUT2D eigenvalue weighted by Crippen LogP contribution is 2.36. The lowest BCUT2D eigenvalue weighted by atomic mass is 10.0. The second-order valence-electron chi connectivity index (χ2n) is 10.2. The number of fused-ring (bicyclic) bond motifs is 1. The average molecular weight is 553 g/mol. The number of hydrogen-bond acceptors (Lipinski definition) is 6. The Hall–Kier alpha value is -3.46. The van der Waals surface area contributed by atoms with Crippen LogP contribution >= 0.6 is 11.6 Å². The minimum absolute atomic E-state index is 0.105. The van der Waals surface area contributed by atoms with Crippen molar-refractivity contribution >= 4 is 40.2 Å². The number of carbonyl (C=O) groups excluding carboxylic acids is 1. The first-order valence-electron chi connectivity index (χ1n) is 13.6. The fraction of sp³-hybridized carbons (Fsp3) is 0.448. The van der Waals surface area contributed by atoms with Crippen molar-refractivity contribution in [1.29, 1.82) is 0 Å². The highest BCUT2D eigenvalue weighted by molar-refractivity contribution is 6.33. The van der Waals surface area contributed by atoms with Gasteiger partial charge in [0, 0.05) is 32.2 Å². The van der Waals surface area contributed by atoms with Crippen LogP contribution in [0.1, 0.15) is 38.3 Å². The Labute approximate surface area is 232 Å². The first-order chi connectivity index (χ1) is 18.8. The minimum atomic E-state index is -0.948. The molecule has 8 nitrogen and oxygen atoms in total. The minimum Gasteiger partial charge on any atom is -0.352 e. The van der Waals surface area contributed by atoms with E-state index in [0.29, 0.717) is 60.3 Å². The van der Waals surface area contributed by atoms with E-state index in [9.17, 15) is 14.0 Å². The SMILES string of the molecule is C=CC(=O)N1CCN(c2nc(=O)n(-c3c(CC)cccc3CC)c3nc(N4CC[C@H](F)C4)c(Cl)cc23)[C@@H](C)C1. The van der Waals surface area contributed by atoms with Crippen molar-refractivity contribution in [1.82, 2.24) is 19.4 Å². The van der Waals surface area contributed by atoms with E-state index in [1.807, 2.05) is 34.9 Å². The van der Waals surface area contributed by atoms with Gasteiger partial charge in [0.1, 0.15) is 17.8 Å². The van der Waals surface area contributed by atoms with E-state index in [-0.39, 0.29) is 18.5 Å². The number of anilines is 2. The number of carbonyl (C=O) groups is 1. The summed E-state index contributed by atoms with van der Waals surface area (Å²) in [7, 11) is 0. The van der Waals surface area contributed by atoms with E-state index in [2.05, 4.69) is 25.4 Å². The number of aryl methyl sites for hydroxylation is 2. The highest BCUT2D eigenvalue weighted by atomic mass is 35.5. The Morgan fingerprint density at radius 1 is 1.13 bits per heavy atom. The summed E-state index contributed by atoms with van der Waals surface area (Å²) in [5.41, 5.74) is 2.83. The second kappa shape index (κ2) is 11.0. The van der Waals surface area contributed by atoms with Crippen LogP contribution in [0, 0.1) is 0 Å². The molecule has 0 spiro atoms. The van der Waals surface area contributed by atoms with Crippen molar-refractivity contribution in [2.75, 3.05) is 42.5 Å². The lowest BCUT2D eigenvalue weighted by molar-refractivity contribution is -0.126. The van der Waals surface area contributed by atoms with E-state index < -0.39 is 11.9 Å². The predicted molar refractivity (Wildman–Crippen MR) is 154 cm³/mol. The zero-order valence-corrected chi connectivity index (χ0v) is 23.4. The number of amides is 1. The Morgan fingerprint density at radius 3 is 2.44 bits per heavy atom. The first-order valence-corrected chi connectivity index (χ1v) is 14.0. The van der Waals surface area contributed by atoms with Crippen molar-refractivity contribution in [3.8, 4) is 5.69 Å². The molecule has 2 aromatic heterocycles. The van der Waals surface area contributed by atoms with Crippen LogP contribution in [-0.2, 0) is 17.6 Å². The summed E-state index contributed by atoms with van der Waals surface area (Å²) in [4.78, 5) is 41.4. The van der Waals surface area contributed by atoms with Crippen LogP contribution in [0.5, 0.6) is 0 Å². The summed E-state index contributed by atoms with van der Waals surface area (Å²) in [6.45, 7) is 11.9. The predicted octanol–water partition coefficient (Wildman–Crippen LogP) is 4.33. The number of halogens is 2. The fourth-order valence-corrected chi connectivity index (χ4v) is 6.02. The van der Waals surface area contributed by atoms with Crippen molar-refractivity contribution in [2.24, 2.45) is 0 Å². The van der Waals surface area contributed by atoms with E-state index in [4.69, 9.17) is 16.6 Å². The molecule has 0 N–H and O–H groups in total. The molecular weight excluding hydrogens is 519 g/mol. The van der Waals surface area contributed by atoms with Crippen LogP contribution in [-0.4, -0.2) is 70.3 Å². The lowest BCUT2D eigenvalue weighted by Crippen LogP contribution is -2.54. The van der Waals surface area contributed by atoms with Gasteiger partial charge in [-0.1, -0.05) is 50.2 Å². The molecule has 4 heterocycles. The molecule has 1 aromatic carbocycles. The van der Waals surface area contributed by atoms with Gasteiger partial charge >= 0.3 is 5.69 Å². The van der Waals surface area contributed by atoms with Gasteiger partial charge in [-0.05, 0) is 49.5 Å². The van der Waals surface area contributed by atoms with E-state index in [1.165, 1.54) is 6.08 Å². The quantitative estimate of drug-likeness (QED) is 0.424. The number of rotatable bonds is 6. The second-order valence-corrected chi connectivity index (χ2v) is 10.6. The normalized spacial score (nSPS) is 19.7. The topological polar surface area (TPSA) is 74.6 Å². The molecule has 10 heteroatoms. The van der Waals surface area contributed by atoms with Crippen LogP contribution in [0.25, 0.3) is 16.7 Å². The Bertz CT molecular complexity index is 1470. The molecule has 5 rings (SSSR count). The molecular formula is C29H34ClFN6O2. The number of alkyl halides is 1. The smallest absolute Gasteiger partial charge is 0.352 e. The van der Waals surface area contributed by atoms with Gasteiger partial charge in [-0.2, -0.15) is 4.98 Å². The number of pyridine rings is 1. The summed E-state index contributed by atoms with van der Waals surface area (Å²) >= 11 is 6.79. The van der Waals surface area contributed by atoms with Gasteiger partial charge in [0.15, 0.2) is 5.65 Å².